The summed E-state index contributed by atoms with van der Waals surface area (Å²) in [6.45, 7) is 3.84. The van der Waals surface area contributed by atoms with Gasteiger partial charge >= 0.3 is 6.03 Å². The highest BCUT2D eigenvalue weighted by Crippen LogP contribution is 2.09. The van der Waals surface area contributed by atoms with Gasteiger partial charge in [0, 0.05) is 25.7 Å². The number of nitrogens with zero attached hydrogens (tertiary/aromatic N) is 1. The fourth-order valence-corrected chi connectivity index (χ4v) is 2.14. The van der Waals surface area contributed by atoms with Gasteiger partial charge in [0.25, 0.3) is 0 Å². The molecule has 0 spiro atoms. The Morgan fingerprint density at radius 1 is 1.29 bits per heavy atom. The average molecular weight is 197 g/mol. The highest BCUT2D eigenvalue weighted by atomic mass is 16.2. The van der Waals surface area contributed by atoms with Gasteiger partial charge < -0.3 is 15.5 Å². The van der Waals surface area contributed by atoms with Crippen molar-refractivity contribution in [2.45, 2.75) is 31.7 Å². The third-order valence-electron chi connectivity index (χ3n) is 3.03. The molecule has 4 heteroatoms. The highest BCUT2D eigenvalue weighted by molar-refractivity contribution is 5.74. The molecule has 0 aromatic rings. The summed E-state index contributed by atoms with van der Waals surface area (Å²) < 4.78 is 0. The summed E-state index contributed by atoms with van der Waals surface area (Å²) in [5, 5.41) is 6.32. The molecule has 0 unspecified atom stereocenters. The van der Waals surface area contributed by atoms with Gasteiger partial charge in [-0.1, -0.05) is 0 Å². The minimum atomic E-state index is 0.137. The second-order valence-corrected chi connectivity index (χ2v) is 4.19. The summed E-state index contributed by atoms with van der Waals surface area (Å²) >= 11 is 0. The zero-order chi connectivity index (χ0) is 9.80. The van der Waals surface area contributed by atoms with E-state index in [0.717, 1.165) is 45.4 Å². The van der Waals surface area contributed by atoms with Crippen LogP contribution in [0.5, 0.6) is 0 Å². The topological polar surface area (TPSA) is 44.4 Å². The van der Waals surface area contributed by atoms with Crippen molar-refractivity contribution in [3.63, 3.8) is 0 Å². The second kappa shape index (κ2) is 4.64. The zero-order valence-corrected chi connectivity index (χ0v) is 8.59. The minimum absolute atomic E-state index is 0.137. The van der Waals surface area contributed by atoms with Crippen molar-refractivity contribution >= 4 is 6.03 Å². The van der Waals surface area contributed by atoms with Crippen LogP contribution < -0.4 is 10.6 Å². The number of rotatable bonds is 1. The summed E-state index contributed by atoms with van der Waals surface area (Å²) in [5.41, 5.74) is 0. The molecule has 2 heterocycles. The van der Waals surface area contributed by atoms with Gasteiger partial charge in [0.1, 0.15) is 0 Å². The molecule has 1 atom stereocenters. The Morgan fingerprint density at radius 2 is 2.07 bits per heavy atom. The first-order chi connectivity index (χ1) is 6.86. The number of piperidine rings is 1. The van der Waals surface area contributed by atoms with Crippen LogP contribution in [0.3, 0.4) is 0 Å². The molecule has 0 radical (unpaired) electrons. The summed E-state index contributed by atoms with van der Waals surface area (Å²) in [5.74, 6) is 0. The van der Waals surface area contributed by atoms with Gasteiger partial charge in [-0.05, 0) is 32.2 Å². The number of urea groups is 1. The average Bonchev–Trinajstić information content (AvgIpc) is 2.72. The summed E-state index contributed by atoms with van der Waals surface area (Å²) in [6, 6.07) is 0.489. The van der Waals surface area contributed by atoms with E-state index >= 15 is 0 Å². The zero-order valence-electron chi connectivity index (χ0n) is 8.59. The van der Waals surface area contributed by atoms with E-state index in [4.69, 9.17) is 0 Å². The first kappa shape index (κ1) is 9.77. The lowest BCUT2D eigenvalue weighted by Gasteiger charge is -2.28. The maximum Gasteiger partial charge on any atom is 0.317 e. The summed E-state index contributed by atoms with van der Waals surface area (Å²) in [6.07, 6.45) is 4.67. The van der Waals surface area contributed by atoms with Crippen LogP contribution in [-0.4, -0.2) is 43.2 Å². The second-order valence-electron chi connectivity index (χ2n) is 4.19. The number of carbonyl (C=O) groups is 1. The molecule has 0 aromatic heterocycles. The van der Waals surface area contributed by atoms with Crippen molar-refractivity contribution in [1.29, 1.82) is 0 Å². The van der Waals surface area contributed by atoms with Crippen LogP contribution in [0.25, 0.3) is 0 Å². The third kappa shape index (κ3) is 2.38. The van der Waals surface area contributed by atoms with Gasteiger partial charge in [-0.15, -0.1) is 0 Å². The van der Waals surface area contributed by atoms with Gasteiger partial charge in [0.2, 0.25) is 0 Å². The van der Waals surface area contributed by atoms with Gasteiger partial charge in [-0.25, -0.2) is 4.79 Å². The normalized spacial score (nSPS) is 27.7. The minimum Gasteiger partial charge on any atom is -0.334 e. The van der Waals surface area contributed by atoms with E-state index in [2.05, 4.69) is 10.6 Å². The number of hydrogen-bond acceptors (Lipinski definition) is 2. The Hall–Kier alpha value is -0.770. The van der Waals surface area contributed by atoms with Crippen LogP contribution in [0.1, 0.15) is 25.7 Å². The molecular formula is C10H19N3O. The van der Waals surface area contributed by atoms with E-state index in [1.54, 1.807) is 0 Å². The van der Waals surface area contributed by atoms with Crippen LogP contribution in [0.4, 0.5) is 4.79 Å². The van der Waals surface area contributed by atoms with E-state index in [1.807, 2.05) is 4.90 Å². The largest absolute Gasteiger partial charge is 0.334 e. The standard InChI is InChI=1S/C10H19N3O/c14-10(12-9-4-5-11-8-9)13-6-2-1-3-7-13/h9,11H,1-8H2,(H,12,14)/t9-/m1/s1. The smallest absolute Gasteiger partial charge is 0.317 e. The number of amides is 2. The molecule has 0 aromatic carbocycles. The monoisotopic (exact) mass is 197 g/mol. The Bertz CT molecular complexity index is 196. The van der Waals surface area contributed by atoms with Crippen LogP contribution >= 0.6 is 0 Å². The molecule has 0 aliphatic carbocycles. The van der Waals surface area contributed by atoms with Crippen molar-refractivity contribution in [3.05, 3.63) is 0 Å². The molecule has 2 saturated heterocycles. The Morgan fingerprint density at radius 3 is 2.71 bits per heavy atom. The fraction of sp³-hybridized carbons (Fsp3) is 0.900. The summed E-state index contributed by atoms with van der Waals surface area (Å²) in [7, 11) is 0. The molecule has 2 amide bonds. The van der Waals surface area contributed by atoms with E-state index in [0.29, 0.717) is 6.04 Å². The lowest BCUT2D eigenvalue weighted by molar-refractivity contribution is 0.183. The van der Waals surface area contributed by atoms with Crippen LogP contribution in [0, 0.1) is 0 Å². The first-order valence-corrected chi connectivity index (χ1v) is 5.62. The highest BCUT2D eigenvalue weighted by Gasteiger charge is 2.21. The van der Waals surface area contributed by atoms with E-state index in [1.165, 1.54) is 6.42 Å². The fourth-order valence-electron chi connectivity index (χ4n) is 2.14. The Labute approximate surface area is 85.0 Å². The van der Waals surface area contributed by atoms with Crippen LogP contribution in [0.2, 0.25) is 0 Å². The molecule has 2 fully saturated rings. The van der Waals surface area contributed by atoms with Crippen LogP contribution in [0.15, 0.2) is 0 Å². The Kier molecular flexibility index (Phi) is 3.24. The lowest BCUT2D eigenvalue weighted by atomic mass is 10.1. The van der Waals surface area contributed by atoms with E-state index < -0.39 is 0 Å². The van der Waals surface area contributed by atoms with Crippen LogP contribution in [-0.2, 0) is 0 Å². The number of hydrogen-bond donors (Lipinski definition) is 2. The molecule has 14 heavy (non-hydrogen) atoms. The predicted octanol–water partition coefficient (Wildman–Crippen LogP) is 0.544. The predicted molar refractivity (Wildman–Crippen MR) is 55.2 cm³/mol. The number of nitrogens with one attached hydrogen (secondary N) is 2. The van der Waals surface area contributed by atoms with Crippen molar-refractivity contribution in [3.8, 4) is 0 Å². The van der Waals surface area contributed by atoms with Crippen molar-refractivity contribution < 1.29 is 4.79 Å². The first-order valence-electron chi connectivity index (χ1n) is 5.62. The summed E-state index contributed by atoms with van der Waals surface area (Å²) in [4.78, 5) is 13.7. The lowest BCUT2D eigenvalue weighted by Crippen LogP contribution is -2.47. The van der Waals surface area contributed by atoms with Gasteiger partial charge in [0.15, 0.2) is 0 Å². The molecule has 0 bridgehead atoms. The molecular weight excluding hydrogens is 178 g/mol. The van der Waals surface area contributed by atoms with Crippen molar-refractivity contribution in [2.24, 2.45) is 0 Å². The maximum atomic E-state index is 11.7. The quantitative estimate of drug-likeness (QED) is 0.644. The van der Waals surface area contributed by atoms with Gasteiger partial charge in [0.05, 0.1) is 0 Å². The third-order valence-corrected chi connectivity index (χ3v) is 3.03. The van der Waals surface area contributed by atoms with Gasteiger partial charge in [-0.2, -0.15) is 0 Å². The number of carbonyl (C=O) groups excluding carboxylic acids is 1. The Balaban J connectivity index is 1.75. The van der Waals surface area contributed by atoms with E-state index in [-0.39, 0.29) is 6.03 Å². The maximum absolute atomic E-state index is 11.7. The molecule has 2 N–H and O–H groups in total. The van der Waals surface area contributed by atoms with E-state index in [9.17, 15) is 4.79 Å². The molecule has 80 valence electrons. The van der Waals surface area contributed by atoms with Crippen molar-refractivity contribution in [2.75, 3.05) is 26.2 Å². The van der Waals surface area contributed by atoms with Gasteiger partial charge in [-0.3, -0.25) is 0 Å². The molecule has 2 rings (SSSR count). The molecule has 2 aliphatic heterocycles. The molecule has 2 aliphatic rings. The SMILES string of the molecule is O=C(N[C@@H]1CCNC1)N1CCCCC1. The number of likely N-dealkylation sites (tertiary alicyclic amines) is 1. The molecule has 4 nitrogen and oxygen atoms in total. The molecule has 0 saturated carbocycles. The van der Waals surface area contributed by atoms with Crippen molar-refractivity contribution in [1.82, 2.24) is 15.5 Å².